The van der Waals surface area contributed by atoms with Crippen LogP contribution in [0, 0.1) is 0 Å². The highest BCUT2D eigenvalue weighted by Gasteiger charge is 2.32. The summed E-state index contributed by atoms with van der Waals surface area (Å²) in [5.74, 6) is -0.164. The highest BCUT2D eigenvalue weighted by atomic mass is 79.9. The summed E-state index contributed by atoms with van der Waals surface area (Å²) in [6.07, 6.45) is 1.90. The van der Waals surface area contributed by atoms with Gasteiger partial charge in [-0.25, -0.2) is 0 Å². The van der Waals surface area contributed by atoms with Crippen LogP contribution >= 0.6 is 15.9 Å². The van der Waals surface area contributed by atoms with E-state index in [-0.39, 0.29) is 11.9 Å². The van der Waals surface area contributed by atoms with Crippen LogP contribution in [-0.2, 0) is 13.0 Å². The summed E-state index contributed by atoms with van der Waals surface area (Å²) in [7, 11) is 0. The number of hydrogen-bond donors (Lipinski definition) is 2. The molecule has 1 heterocycles. The second-order valence-corrected chi connectivity index (χ2v) is 6.17. The van der Waals surface area contributed by atoms with E-state index in [1.165, 1.54) is 0 Å². The number of rotatable bonds is 3. The minimum absolute atomic E-state index is 0.164. The first kappa shape index (κ1) is 14.4. The predicted octanol–water partition coefficient (Wildman–Crippen LogP) is 2.66. The van der Waals surface area contributed by atoms with Crippen LogP contribution in [0.1, 0.15) is 34.6 Å². The molecule has 2 atom stereocenters. The minimum atomic E-state index is -0.570. The Labute approximate surface area is 131 Å². The first-order valence-corrected chi connectivity index (χ1v) is 7.82. The molecule has 0 spiro atoms. The van der Waals surface area contributed by atoms with E-state index in [1.807, 2.05) is 42.0 Å². The average molecular weight is 349 g/mol. The number of aromatic nitrogens is 1. The number of carbonyl (C=O) groups excluding carboxylic acids is 1. The number of hydrogen-bond acceptors (Lipinski definition) is 2. The number of nitrogens with one attached hydrogen (secondary N) is 1. The first-order valence-electron chi connectivity index (χ1n) is 7.02. The molecule has 3 rings (SSSR count). The van der Waals surface area contributed by atoms with Crippen molar-refractivity contribution < 1.29 is 9.90 Å². The molecule has 0 unspecified atom stereocenters. The fourth-order valence-electron chi connectivity index (χ4n) is 2.89. The molecule has 1 aromatic heterocycles. The van der Waals surface area contributed by atoms with E-state index >= 15 is 0 Å². The topological polar surface area (TPSA) is 54.3 Å². The molecule has 2 N–H and O–H groups in total. The van der Waals surface area contributed by atoms with Crippen molar-refractivity contribution in [3.63, 3.8) is 0 Å². The van der Waals surface area contributed by atoms with Crippen molar-refractivity contribution in [2.75, 3.05) is 0 Å². The number of carbonyl (C=O) groups is 1. The third-order valence-corrected chi connectivity index (χ3v) is 4.36. The molecule has 2 aromatic rings. The summed E-state index contributed by atoms with van der Waals surface area (Å²) >= 11 is 3.39. The van der Waals surface area contributed by atoms with E-state index in [1.54, 1.807) is 6.07 Å². The Bertz CT molecular complexity index is 681. The van der Waals surface area contributed by atoms with E-state index < -0.39 is 6.10 Å². The van der Waals surface area contributed by atoms with Crippen LogP contribution in [0.25, 0.3) is 0 Å². The van der Waals surface area contributed by atoms with Crippen molar-refractivity contribution in [1.82, 2.24) is 9.88 Å². The minimum Gasteiger partial charge on any atom is -0.390 e. The van der Waals surface area contributed by atoms with Gasteiger partial charge in [0.05, 0.1) is 12.1 Å². The molecule has 21 heavy (non-hydrogen) atoms. The second-order valence-electron chi connectivity index (χ2n) is 5.25. The number of fused-ring (bicyclic) bond motifs is 1. The zero-order chi connectivity index (χ0) is 15.0. The molecule has 0 aliphatic heterocycles. The maximum absolute atomic E-state index is 12.5. The molecule has 0 saturated heterocycles. The lowest BCUT2D eigenvalue weighted by Gasteiger charge is -2.18. The maximum atomic E-state index is 12.5. The molecule has 1 aliphatic rings. The van der Waals surface area contributed by atoms with E-state index in [2.05, 4.69) is 21.2 Å². The van der Waals surface area contributed by atoms with Crippen LogP contribution in [-0.4, -0.2) is 21.7 Å². The molecule has 5 heteroatoms. The van der Waals surface area contributed by atoms with Crippen LogP contribution in [0.3, 0.4) is 0 Å². The number of nitrogens with zero attached hydrogens (tertiary/aromatic N) is 1. The lowest BCUT2D eigenvalue weighted by molar-refractivity contribution is 0.0849. The Balaban J connectivity index is 1.85. The van der Waals surface area contributed by atoms with Crippen LogP contribution in [0.2, 0.25) is 0 Å². The molecule has 1 aromatic carbocycles. The Morgan fingerprint density at radius 3 is 3.00 bits per heavy atom. The van der Waals surface area contributed by atoms with Gasteiger partial charge in [-0.2, -0.15) is 0 Å². The molecule has 0 bridgehead atoms. The molecular weight excluding hydrogens is 332 g/mol. The van der Waals surface area contributed by atoms with Crippen molar-refractivity contribution in [2.45, 2.75) is 32.0 Å². The van der Waals surface area contributed by atoms with Gasteiger partial charge in [0, 0.05) is 23.6 Å². The summed E-state index contributed by atoms with van der Waals surface area (Å²) in [5, 5.41) is 13.2. The number of halogens is 1. The average Bonchev–Trinajstić information content (AvgIpc) is 3.00. The third-order valence-electron chi connectivity index (χ3n) is 3.93. The van der Waals surface area contributed by atoms with E-state index in [0.29, 0.717) is 12.1 Å². The molecule has 110 valence electrons. The number of amides is 1. The van der Waals surface area contributed by atoms with Crippen molar-refractivity contribution in [3.8, 4) is 0 Å². The number of benzene rings is 1. The highest BCUT2D eigenvalue weighted by molar-refractivity contribution is 9.10. The standard InChI is InChI=1S/C16H17BrN2O2/c1-2-19-9-11(17)8-13(19)16(21)18-15-12-6-4-3-5-10(12)7-14(15)20/h3-6,8-9,14-15,20H,2,7H2,1H3,(H,18,21)/t14-,15+/m1/s1. The quantitative estimate of drug-likeness (QED) is 0.895. The van der Waals surface area contributed by atoms with Crippen molar-refractivity contribution in [1.29, 1.82) is 0 Å². The van der Waals surface area contributed by atoms with Gasteiger partial charge in [0.15, 0.2) is 0 Å². The Morgan fingerprint density at radius 1 is 1.48 bits per heavy atom. The Kier molecular flexibility index (Phi) is 3.87. The molecular formula is C16H17BrN2O2. The van der Waals surface area contributed by atoms with Gasteiger partial charge in [0.25, 0.3) is 5.91 Å². The summed E-state index contributed by atoms with van der Waals surface area (Å²) < 4.78 is 2.76. The predicted molar refractivity (Wildman–Crippen MR) is 84.2 cm³/mol. The summed E-state index contributed by atoms with van der Waals surface area (Å²) in [5.41, 5.74) is 2.70. The summed E-state index contributed by atoms with van der Waals surface area (Å²) in [4.78, 5) is 12.5. The molecule has 1 amide bonds. The van der Waals surface area contributed by atoms with Gasteiger partial charge in [-0.05, 0) is 40.0 Å². The van der Waals surface area contributed by atoms with Gasteiger partial charge in [-0.3, -0.25) is 4.79 Å². The van der Waals surface area contributed by atoms with E-state index in [9.17, 15) is 9.90 Å². The smallest absolute Gasteiger partial charge is 0.268 e. The monoisotopic (exact) mass is 348 g/mol. The van der Waals surface area contributed by atoms with Crippen molar-refractivity contribution in [2.24, 2.45) is 0 Å². The molecule has 0 radical (unpaired) electrons. The van der Waals surface area contributed by atoms with Crippen LogP contribution < -0.4 is 5.32 Å². The zero-order valence-corrected chi connectivity index (χ0v) is 13.3. The Hall–Kier alpha value is -1.59. The largest absolute Gasteiger partial charge is 0.390 e. The summed E-state index contributed by atoms with van der Waals surface area (Å²) in [6.45, 7) is 2.71. The molecule has 4 nitrogen and oxygen atoms in total. The van der Waals surface area contributed by atoms with Crippen LogP contribution in [0.4, 0.5) is 0 Å². The van der Waals surface area contributed by atoms with Crippen LogP contribution in [0.15, 0.2) is 41.0 Å². The van der Waals surface area contributed by atoms with Gasteiger partial charge in [0.2, 0.25) is 0 Å². The SMILES string of the molecule is CCn1cc(Br)cc1C(=O)N[C@H]1c2ccccc2C[C@H]1O. The number of aliphatic hydroxyl groups excluding tert-OH is 1. The fraction of sp³-hybridized carbons (Fsp3) is 0.312. The zero-order valence-electron chi connectivity index (χ0n) is 11.7. The number of aliphatic hydroxyl groups is 1. The number of aryl methyl sites for hydroxylation is 1. The third kappa shape index (κ3) is 2.63. The van der Waals surface area contributed by atoms with Gasteiger partial charge >= 0.3 is 0 Å². The Morgan fingerprint density at radius 2 is 2.24 bits per heavy atom. The molecule has 1 aliphatic carbocycles. The second kappa shape index (κ2) is 5.66. The lowest BCUT2D eigenvalue weighted by Crippen LogP contribution is -2.34. The fourth-order valence-corrected chi connectivity index (χ4v) is 3.35. The highest BCUT2D eigenvalue weighted by Crippen LogP contribution is 2.31. The van der Waals surface area contributed by atoms with Crippen molar-refractivity contribution in [3.05, 3.63) is 57.8 Å². The maximum Gasteiger partial charge on any atom is 0.268 e. The van der Waals surface area contributed by atoms with Crippen LogP contribution in [0.5, 0.6) is 0 Å². The van der Waals surface area contributed by atoms with Gasteiger partial charge < -0.3 is 15.0 Å². The van der Waals surface area contributed by atoms with Gasteiger partial charge in [-0.1, -0.05) is 24.3 Å². The van der Waals surface area contributed by atoms with E-state index in [0.717, 1.165) is 22.1 Å². The summed E-state index contributed by atoms with van der Waals surface area (Å²) in [6, 6.07) is 9.30. The van der Waals surface area contributed by atoms with Gasteiger partial charge in [0.1, 0.15) is 5.69 Å². The normalized spacial score (nSPS) is 20.3. The molecule has 0 fully saturated rings. The molecule has 0 saturated carbocycles. The van der Waals surface area contributed by atoms with E-state index in [4.69, 9.17) is 0 Å². The lowest BCUT2D eigenvalue weighted by atomic mass is 10.1. The van der Waals surface area contributed by atoms with Crippen molar-refractivity contribution >= 4 is 21.8 Å². The first-order chi connectivity index (χ1) is 10.1. The van der Waals surface area contributed by atoms with Gasteiger partial charge in [-0.15, -0.1) is 0 Å².